The van der Waals surface area contributed by atoms with Gasteiger partial charge in [0, 0.05) is 24.2 Å². The largest absolute Gasteiger partial charge is 0.379 e. The number of nitrogens with zero attached hydrogens (tertiary/aromatic N) is 1. The highest BCUT2D eigenvalue weighted by Gasteiger charge is 2.25. The number of carbonyl (C=O) groups is 1. The summed E-state index contributed by atoms with van der Waals surface area (Å²) in [4.78, 5) is 12.1. The van der Waals surface area contributed by atoms with E-state index in [1.807, 2.05) is 0 Å². The molecule has 1 heterocycles. The molecule has 0 atom stereocenters. The molecule has 2 aromatic carbocycles. The fourth-order valence-corrected chi connectivity index (χ4v) is 4.21. The predicted molar refractivity (Wildman–Crippen MR) is 105 cm³/mol. The number of halogens is 2. The molecule has 1 saturated heterocycles. The highest BCUT2D eigenvalue weighted by Crippen LogP contribution is 2.20. The molecule has 0 unspecified atom stereocenters. The van der Waals surface area contributed by atoms with Gasteiger partial charge in [0.05, 0.1) is 23.8 Å². The van der Waals surface area contributed by atoms with E-state index in [1.54, 1.807) is 12.1 Å². The average molecular weight is 425 g/mol. The smallest absolute Gasteiger partial charge is 0.248 e. The molecule has 0 saturated carbocycles. The van der Waals surface area contributed by atoms with Crippen LogP contribution in [0.2, 0.25) is 5.02 Å². The van der Waals surface area contributed by atoms with Gasteiger partial charge in [-0.05, 0) is 42.0 Å². The number of carbonyl (C=O) groups excluding carboxylic acids is 1. The summed E-state index contributed by atoms with van der Waals surface area (Å²) in [6.45, 7) is 1.40. The van der Waals surface area contributed by atoms with E-state index in [2.05, 4.69) is 5.32 Å². The summed E-state index contributed by atoms with van der Waals surface area (Å²) < 4.78 is 45.3. The Hall–Kier alpha value is -2.26. The molecule has 9 heteroatoms. The van der Waals surface area contributed by atoms with Crippen LogP contribution < -0.4 is 5.32 Å². The lowest BCUT2D eigenvalue weighted by Crippen LogP contribution is -2.40. The molecule has 0 bridgehead atoms. The zero-order valence-electron chi connectivity index (χ0n) is 14.8. The fourth-order valence-electron chi connectivity index (χ4n) is 2.63. The van der Waals surface area contributed by atoms with Gasteiger partial charge in [-0.25, -0.2) is 12.8 Å². The highest BCUT2D eigenvalue weighted by atomic mass is 35.5. The maximum absolute atomic E-state index is 13.6. The normalized spacial score (nSPS) is 15.6. The molecule has 148 valence electrons. The lowest BCUT2D eigenvalue weighted by molar-refractivity contribution is -0.111. The first kappa shape index (κ1) is 20.5. The van der Waals surface area contributed by atoms with E-state index in [0.29, 0.717) is 36.9 Å². The summed E-state index contributed by atoms with van der Waals surface area (Å²) in [5.41, 5.74) is 0.608. The molecule has 0 aliphatic carbocycles. The topological polar surface area (TPSA) is 75.7 Å². The van der Waals surface area contributed by atoms with Crippen LogP contribution in [0.4, 0.5) is 10.1 Å². The van der Waals surface area contributed by atoms with Crippen molar-refractivity contribution >= 4 is 39.3 Å². The van der Waals surface area contributed by atoms with Crippen molar-refractivity contribution in [2.75, 3.05) is 31.6 Å². The van der Waals surface area contributed by atoms with Crippen molar-refractivity contribution < 1.29 is 22.3 Å². The van der Waals surface area contributed by atoms with Crippen molar-refractivity contribution in [3.05, 3.63) is 64.9 Å². The van der Waals surface area contributed by atoms with Crippen LogP contribution in [0.15, 0.2) is 53.4 Å². The predicted octanol–water partition coefficient (Wildman–Crippen LogP) is 3.15. The number of nitrogens with one attached hydrogen (secondary N) is 1. The maximum atomic E-state index is 13.6. The van der Waals surface area contributed by atoms with Gasteiger partial charge >= 0.3 is 0 Å². The van der Waals surface area contributed by atoms with E-state index >= 15 is 0 Å². The molecule has 6 nitrogen and oxygen atoms in total. The number of amides is 1. The van der Waals surface area contributed by atoms with Crippen LogP contribution in [-0.2, 0) is 19.6 Å². The maximum Gasteiger partial charge on any atom is 0.248 e. The van der Waals surface area contributed by atoms with Gasteiger partial charge in [-0.15, -0.1) is 0 Å². The summed E-state index contributed by atoms with van der Waals surface area (Å²) in [6, 6.07) is 10.0. The third-order valence-electron chi connectivity index (χ3n) is 4.10. The Kier molecular flexibility index (Phi) is 6.46. The minimum absolute atomic E-state index is 0.0193. The van der Waals surface area contributed by atoms with E-state index in [1.165, 1.54) is 40.7 Å². The molecule has 1 aliphatic rings. The van der Waals surface area contributed by atoms with Crippen molar-refractivity contribution in [2.45, 2.75) is 4.90 Å². The third-order valence-corrected chi connectivity index (χ3v) is 6.25. The van der Waals surface area contributed by atoms with Crippen molar-refractivity contribution in [3.63, 3.8) is 0 Å². The van der Waals surface area contributed by atoms with Crippen molar-refractivity contribution in [3.8, 4) is 0 Å². The lowest BCUT2D eigenvalue weighted by atomic mass is 10.2. The second-order valence-electron chi connectivity index (χ2n) is 6.03. The molecule has 1 aliphatic heterocycles. The molecule has 3 rings (SSSR count). The molecule has 1 amide bonds. The third kappa shape index (κ3) is 4.96. The van der Waals surface area contributed by atoms with Crippen LogP contribution in [0.5, 0.6) is 0 Å². The molecular formula is C19H18ClFN2O4S. The first-order chi connectivity index (χ1) is 13.4. The Morgan fingerprint density at radius 1 is 1.14 bits per heavy atom. The minimum Gasteiger partial charge on any atom is -0.379 e. The Labute approximate surface area is 167 Å². The number of ether oxygens (including phenoxy) is 1. The zero-order valence-corrected chi connectivity index (χ0v) is 16.3. The second-order valence-corrected chi connectivity index (χ2v) is 8.41. The molecule has 0 spiro atoms. The molecule has 2 aromatic rings. The summed E-state index contributed by atoms with van der Waals surface area (Å²) in [5.74, 6) is -1.13. The van der Waals surface area contributed by atoms with Crippen LogP contribution in [0.3, 0.4) is 0 Å². The van der Waals surface area contributed by atoms with Crippen LogP contribution in [0.25, 0.3) is 6.08 Å². The van der Waals surface area contributed by atoms with E-state index in [4.69, 9.17) is 16.3 Å². The molecule has 28 heavy (non-hydrogen) atoms. The fraction of sp³-hybridized carbons (Fsp3) is 0.211. The highest BCUT2D eigenvalue weighted by molar-refractivity contribution is 7.89. The van der Waals surface area contributed by atoms with Gasteiger partial charge < -0.3 is 10.1 Å². The number of sulfonamides is 1. The first-order valence-corrected chi connectivity index (χ1v) is 10.3. The van der Waals surface area contributed by atoms with Gasteiger partial charge in [-0.3, -0.25) is 4.79 Å². The average Bonchev–Trinajstić information content (AvgIpc) is 2.70. The summed E-state index contributed by atoms with van der Waals surface area (Å²) in [5, 5.41) is 2.70. The molecule has 1 fully saturated rings. The van der Waals surface area contributed by atoms with Crippen LogP contribution in [0, 0.1) is 5.82 Å². The Balaban J connectivity index is 1.66. The van der Waals surface area contributed by atoms with Gasteiger partial charge in [-0.1, -0.05) is 23.7 Å². The number of anilines is 1. The lowest BCUT2D eigenvalue weighted by Gasteiger charge is -2.26. The summed E-state index contributed by atoms with van der Waals surface area (Å²) >= 11 is 5.79. The van der Waals surface area contributed by atoms with Crippen LogP contribution >= 0.6 is 11.6 Å². The molecule has 0 aromatic heterocycles. The minimum atomic E-state index is -3.56. The Bertz CT molecular complexity index is 987. The zero-order chi connectivity index (χ0) is 20.1. The molecule has 0 radical (unpaired) electrons. The van der Waals surface area contributed by atoms with Gasteiger partial charge in [0.15, 0.2) is 0 Å². The van der Waals surface area contributed by atoms with Gasteiger partial charge in [-0.2, -0.15) is 4.31 Å². The monoisotopic (exact) mass is 424 g/mol. The molecule has 1 N–H and O–H groups in total. The van der Waals surface area contributed by atoms with E-state index in [-0.39, 0.29) is 10.6 Å². The van der Waals surface area contributed by atoms with Crippen LogP contribution in [-0.4, -0.2) is 44.9 Å². The quantitative estimate of drug-likeness (QED) is 0.748. The number of hydrogen-bond acceptors (Lipinski definition) is 4. The van der Waals surface area contributed by atoms with E-state index in [0.717, 1.165) is 6.07 Å². The van der Waals surface area contributed by atoms with Crippen molar-refractivity contribution in [1.29, 1.82) is 0 Å². The first-order valence-electron chi connectivity index (χ1n) is 8.48. The molecular weight excluding hydrogens is 407 g/mol. The van der Waals surface area contributed by atoms with E-state index < -0.39 is 21.7 Å². The number of morpholine rings is 1. The van der Waals surface area contributed by atoms with Crippen molar-refractivity contribution in [1.82, 2.24) is 4.31 Å². The Morgan fingerprint density at radius 2 is 1.82 bits per heavy atom. The number of benzene rings is 2. The SMILES string of the molecule is O=C(/C=C/c1ccc(S(=O)(=O)N2CCOCC2)cc1)Nc1cc(Cl)ccc1F. The number of rotatable bonds is 5. The standard InChI is InChI=1S/C19H18ClFN2O4S/c20-15-4-7-17(21)18(13-15)22-19(24)8-3-14-1-5-16(6-2-14)28(25,26)23-9-11-27-12-10-23/h1-8,13H,9-12H2,(H,22,24)/b8-3+. The Morgan fingerprint density at radius 3 is 2.50 bits per heavy atom. The second kappa shape index (κ2) is 8.83. The van der Waals surface area contributed by atoms with Gasteiger partial charge in [0.25, 0.3) is 0 Å². The summed E-state index contributed by atoms with van der Waals surface area (Å²) in [7, 11) is -3.56. The van der Waals surface area contributed by atoms with Gasteiger partial charge in [0.2, 0.25) is 15.9 Å². The van der Waals surface area contributed by atoms with Crippen molar-refractivity contribution in [2.24, 2.45) is 0 Å². The van der Waals surface area contributed by atoms with E-state index in [9.17, 15) is 17.6 Å². The number of hydrogen-bond donors (Lipinski definition) is 1. The van der Waals surface area contributed by atoms with Gasteiger partial charge in [0.1, 0.15) is 5.82 Å². The van der Waals surface area contributed by atoms with Crippen LogP contribution in [0.1, 0.15) is 5.56 Å². The summed E-state index contributed by atoms with van der Waals surface area (Å²) in [6.07, 6.45) is 2.73.